The first-order valence-corrected chi connectivity index (χ1v) is 5.08. The van der Waals surface area contributed by atoms with Crippen LogP contribution in [0.2, 0.25) is 0 Å². The molecule has 0 amide bonds. The number of hydrogen-bond acceptors (Lipinski definition) is 2. The highest BCUT2D eigenvalue weighted by Crippen LogP contribution is 2.23. The van der Waals surface area contributed by atoms with E-state index in [9.17, 15) is 5.11 Å². The molecule has 1 aliphatic heterocycles. The zero-order valence-electron chi connectivity index (χ0n) is 8.97. The second-order valence-corrected chi connectivity index (χ2v) is 3.79. The number of allylic oxidation sites excluding steroid dienone is 2. The van der Waals surface area contributed by atoms with Gasteiger partial charge in [-0.05, 0) is 19.4 Å². The number of hydrogen-bond donors (Lipinski definition) is 1. The summed E-state index contributed by atoms with van der Waals surface area (Å²) >= 11 is 0. The van der Waals surface area contributed by atoms with Gasteiger partial charge >= 0.3 is 0 Å². The van der Waals surface area contributed by atoms with E-state index >= 15 is 0 Å². The molecular formula is C12H18O2. The Morgan fingerprint density at radius 1 is 1.50 bits per heavy atom. The highest BCUT2D eigenvalue weighted by molar-refractivity contribution is 5.26. The van der Waals surface area contributed by atoms with E-state index in [1.54, 1.807) is 0 Å². The molecule has 2 heteroatoms. The van der Waals surface area contributed by atoms with Crippen LogP contribution in [0.25, 0.3) is 0 Å². The largest absolute Gasteiger partial charge is 0.389 e. The zero-order valence-corrected chi connectivity index (χ0v) is 8.97. The summed E-state index contributed by atoms with van der Waals surface area (Å²) in [6.07, 6.45) is 3.94. The minimum atomic E-state index is -0.612. The fourth-order valence-corrected chi connectivity index (χ4v) is 1.35. The number of ether oxygens (including phenoxy) is 1. The Labute approximate surface area is 86.0 Å². The number of aliphatic hydroxyl groups is 1. The lowest BCUT2D eigenvalue weighted by atomic mass is 9.91. The Bertz CT molecular complexity index is 262. The first kappa shape index (κ1) is 11.3. The average Bonchev–Trinajstić information content (AvgIpc) is 2.18. The van der Waals surface area contributed by atoms with Crippen LogP contribution in [0.1, 0.15) is 33.1 Å². The summed E-state index contributed by atoms with van der Waals surface area (Å²) in [5.41, 5.74) is 0.444. The maximum absolute atomic E-state index is 10.1. The van der Waals surface area contributed by atoms with Crippen LogP contribution < -0.4 is 0 Å². The van der Waals surface area contributed by atoms with E-state index in [2.05, 4.69) is 11.8 Å². The Hall–Kier alpha value is -0.780. The van der Waals surface area contributed by atoms with Gasteiger partial charge in [0.2, 0.25) is 0 Å². The van der Waals surface area contributed by atoms with E-state index in [4.69, 9.17) is 4.74 Å². The van der Waals surface area contributed by atoms with Gasteiger partial charge in [-0.3, -0.25) is 0 Å². The quantitative estimate of drug-likeness (QED) is 0.646. The van der Waals surface area contributed by atoms with Crippen LogP contribution in [-0.4, -0.2) is 23.9 Å². The molecule has 0 atom stereocenters. The lowest BCUT2D eigenvalue weighted by Crippen LogP contribution is -2.35. The monoisotopic (exact) mass is 194 g/mol. The van der Waals surface area contributed by atoms with Crippen LogP contribution in [0.3, 0.4) is 0 Å². The third-order valence-corrected chi connectivity index (χ3v) is 2.56. The molecule has 0 bridgehead atoms. The molecular weight excluding hydrogens is 176 g/mol. The Morgan fingerprint density at radius 2 is 2.14 bits per heavy atom. The summed E-state index contributed by atoms with van der Waals surface area (Å²) < 4.78 is 5.19. The molecule has 0 radical (unpaired) electrons. The summed E-state index contributed by atoms with van der Waals surface area (Å²) in [5.74, 6) is 6.04. The second kappa shape index (κ2) is 5.19. The van der Waals surface area contributed by atoms with E-state index in [1.807, 2.05) is 19.9 Å². The molecule has 1 heterocycles. The zero-order chi connectivity index (χ0) is 10.4. The summed E-state index contributed by atoms with van der Waals surface area (Å²) in [7, 11) is 0. The molecule has 2 nitrogen and oxygen atoms in total. The Balaban J connectivity index is 2.45. The highest BCUT2D eigenvalue weighted by atomic mass is 16.5. The van der Waals surface area contributed by atoms with Crippen molar-refractivity contribution < 1.29 is 9.84 Å². The molecule has 0 aromatic rings. The lowest BCUT2D eigenvalue weighted by Gasteiger charge is -2.30. The van der Waals surface area contributed by atoms with Crippen molar-refractivity contribution in [2.75, 3.05) is 13.2 Å². The van der Waals surface area contributed by atoms with Gasteiger partial charge in [-0.15, -0.1) is 0 Å². The first-order valence-electron chi connectivity index (χ1n) is 5.08. The minimum Gasteiger partial charge on any atom is -0.389 e. The summed E-state index contributed by atoms with van der Waals surface area (Å²) in [6, 6.07) is 0. The van der Waals surface area contributed by atoms with E-state index in [0.29, 0.717) is 32.5 Å². The molecule has 78 valence electrons. The van der Waals surface area contributed by atoms with Crippen molar-refractivity contribution in [1.29, 1.82) is 0 Å². The van der Waals surface area contributed by atoms with Gasteiger partial charge in [0.1, 0.15) is 0 Å². The van der Waals surface area contributed by atoms with Gasteiger partial charge in [-0.25, -0.2) is 0 Å². The van der Waals surface area contributed by atoms with E-state index in [-0.39, 0.29) is 0 Å². The van der Waals surface area contributed by atoms with Crippen molar-refractivity contribution in [2.24, 2.45) is 0 Å². The van der Waals surface area contributed by atoms with Gasteiger partial charge in [0.25, 0.3) is 0 Å². The molecule has 0 aromatic heterocycles. The molecule has 0 spiro atoms. The lowest BCUT2D eigenvalue weighted by molar-refractivity contribution is -0.0597. The third kappa shape index (κ3) is 3.53. The average molecular weight is 194 g/mol. The van der Waals surface area contributed by atoms with Crippen LogP contribution in [-0.2, 0) is 4.74 Å². The van der Waals surface area contributed by atoms with Gasteiger partial charge in [0.15, 0.2) is 0 Å². The molecule has 14 heavy (non-hydrogen) atoms. The fraction of sp³-hybridized carbons (Fsp3) is 0.667. The number of rotatable bonds is 1. The molecule has 1 aliphatic rings. The highest BCUT2D eigenvalue weighted by Gasteiger charge is 2.28. The van der Waals surface area contributed by atoms with Crippen LogP contribution in [0.15, 0.2) is 11.6 Å². The molecule has 1 N–H and O–H groups in total. The van der Waals surface area contributed by atoms with Gasteiger partial charge in [-0.1, -0.05) is 17.9 Å². The normalized spacial score (nSPS) is 21.2. The maximum Gasteiger partial charge on any atom is 0.0800 e. The van der Waals surface area contributed by atoms with Crippen molar-refractivity contribution in [3.05, 3.63) is 11.6 Å². The molecule has 0 saturated carbocycles. The van der Waals surface area contributed by atoms with Crippen LogP contribution in [0.5, 0.6) is 0 Å². The van der Waals surface area contributed by atoms with Crippen molar-refractivity contribution in [3.63, 3.8) is 0 Å². The summed E-state index contributed by atoms with van der Waals surface area (Å²) in [5, 5.41) is 10.1. The van der Waals surface area contributed by atoms with Gasteiger partial charge in [0, 0.05) is 32.5 Å². The smallest absolute Gasteiger partial charge is 0.0800 e. The standard InChI is InChI=1S/C12H18O2/c1-3-11(2)5-4-6-12(13)7-9-14-10-8-12/h3,13H,6-10H2,1-2H3/b11-3+. The molecule has 0 aliphatic carbocycles. The van der Waals surface area contributed by atoms with E-state index in [1.165, 1.54) is 0 Å². The van der Waals surface area contributed by atoms with Crippen molar-refractivity contribution >= 4 is 0 Å². The topological polar surface area (TPSA) is 29.5 Å². The predicted molar refractivity (Wildman–Crippen MR) is 56.8 cm³/mol. The Morgan fingerprint density at radius 3 is 2.71 bits per heavy atom. The van der Waals surface area contributed by atoms with Crippen LogP contribution in [0.4, 0.5) is 0 Å². The van der Waals surface area contributed by atoms with Crippen LogP contribution in [0, 0.1) is 11.8 Å². The van der Waals surface area contributed by atoms with Gasteiger partial charge in [0.05, 0.1) is 5.60 Å². The second-order valence-electron chi connectivity index (χ2n) is 3.79. The van der Waals surface area contributed by atoms with Crippen molar-refractivity contribution in [1.82, 2.24) is 0 Å². The fourth-order valence-electron chi connectivity index (χ4n) is 1.35. The predicted octanol–water partition coefficient (Wildman–Crippen LogP) is 1.89. The molecule has 1 saturated heterocycles. The van der Waals surface area contributed by atoms with Crippen molar-refractivity contribution in [3.8, 4) is 11.8 Å². The minimum absolute atomic E-state index is 0.557. The molecule has 0 aromatic carbocycles. The van der Waals surface area contributed by atoms with Gasteiger partial charge < -0.3 is 9.84 Å². The summed E-state index contributed by atoms with van der Waals surface area (Å²) in [6.45, 7) is 5.25. The SMILES string of the molecule is C/C=C(\C)C#CCC1(O)CCOCC1. The third-order valence-electron chi connectivity index (χ3n) is 2.56. The van der Waals surface area contributed by atoms with Crippen molar-refractivity contribution in [2.45, 2.75) is 38.7 Å². The first-order chi connectivity index (χ1) is 6.66. The molecule has 0 unspecified atom stereocenters. The van der Waals surface area contributed by atoms with E-state index < -0.39 is 5.60 Å². The molecule has 1 fully saturated rings. The van der Waals surface area contributed by atoms with Crippen LogP contribution >= 0.6 is 0 Å². The van der Waals surface area contributed by atoms with E-state index in [0.717, 1.165) is 5.57 Å². The van der Waals surface area contributed by atoms with Gasteiger partial charge in [-0.2, -0.15) is 0 Å². The summed E-state index contributed by atoms with van der Waals surface area (Å²) in [4.78, 5) is 0. The Kier molecular flexibility index (Phi) is 4.19. The maximum atomic E-state index is 10.1. The molecule has 1 rings (SSSR count).